The number of rotatable bonds is 11. The number of carboxylic acids is 1. The molecule has 0 saturated carbocycles. The quantitative estimate of drug-likeness (QED) is 0.128. The van der Waals surface area contributed by atoms with E-state index in [0.717, 1.165) is 72.0 Å². The van der Waals surface area contributed by atoms with E-state index in [1.165, 1.54) is 0 Å². The van der Waals surface area contributed by atoms with E-state index in [9.17, 15) is 9.90 Å². The maximum atomic E-state index is 15.6. The normalized spacial score (nSPS) is 15.1. The third kappa shape index (κ3) is 6.99. The highest BCUT2D eigenvalue weighted by molar-refractivity contribution is 6.35. The maximum absolute atomic E-state index is 15.6. The number of aryl methyl sites for hydroxylation is 6. The zero-order valence-corrected chi connectivity index (χ0v) is 37.3. The van der Waals surface area contributed by atoms with Crippen LogP contribution in [0.2, 0.25) is 10.0 Å². The molecule has 0 aliphatic carbocycles. The highest BCUT2D eigenvalue weighted by Crippen LogP contribution is 2.46. The molecule has 0 saturated heterocycles. The topological polar surface area (TPSA) is 129 Å². The molecule has 14 heteroatoms. The molecule has 0 spiro atoms. The van der Waals surface area contributed by atoms with Gasteiger partial charge in [0.1, 0.15) is 23.7 Å². The number of hydrogen-bond acceptors (Lipinski definition) is 7. The van der Waals surface area contributed by atoms with E-state index >= 15 is 4.79 Å². The van der Waals surface area contributed by atoms with Gasteiger partial charge >= 0.3 is 5.97 Å². The van der Waals surface area contributed by atoms with Crippen molar-refractivity contribution in [2.75, 3.05) is 31.2 Å². The van der Waals surface area contributed by atoms with Crippen LogP contribution in [0.1, 0.15) is 85.3 Å². The van der Waals surface area contributed by atoms with Crippen LogP contribution >= 0.6 is 23.2 Å². The standard InChI is InChI=1S/C48H47Cl2N7O5/c1-25-17-32-22-39(48(59)60)55(24-33-21-31(12-13-51-33)46-52-14-16-62-46)43(32)38(18-25)56-23-28(4)57-44-36(10-11-37(49)41(44)40-29(5)53-54(7)30(40)6)35(45(57)47(56)58)9-8-15-61-34-19-26(2)42(50)27(3)20-34/h10-13,17-22,28H,8-9,14-16,23-24H2,1-7H3,(H,59,60)/t28-/m1/s1. The minimum absolute atomic E-state index is 0.0911. The van der Waals surface area contributed by atoms with Crippen LogP contribution < -0.4 is 9.64 Å². The summed E-state index contributed by atoms with van der Waals surface area (Å²) in [6.07, 6.45) is 2.85. The van der Waals surface area contributed by atoms with Gasteiger partial charge in [0.15, 0.2) is 0 Å². The fraction of sp³-hybridized carbons (Fsp3) is 0.312. The number of carboxylic acid groups (broad SMARTS) is 1. The average molecular weight is 873 g/mol. The van der Waals surface area contributed by atoms with Crippen LogP contribution in [0.4, 0.5) is 5.69 Å². The molecule has 0 bridgehead atoms. The number of aromatic nitrogens is 5. The van der Waals surface area contributed by atoms with Crippen LogP contribution in [0.15, 0.2) is 65.8 Å². The molecular formula is C48H47Cl2N7O5. The van der Waals surface area contributed by atoms with Crippen LogP contribution in [0.25, 0.3) is 32.9 Å². The molecule has 2 aliphatic rings. The van der Waals surface area contributed by atoms with Crippen molar-refractivity contribution < 1.29 is 24.2 Å². The van der Waals surface area contributed by atoms with Crippen molar-refractivity contribution in [1.82, 2.24) is 23.9 Å². The van der Waals surface area contributed by atoms with Gasteiger partial charge in [-0.25, -0.2) is 9.79 Å². The third-order valence-electron chi connectivity index (χ3n) is 12.2. The van der Waals surface area contributed by atoms with Gasteiger partial charge in [0.05, 0.1) is 52.8 Å². The number of ether oxygens (including phenoxy) is 2. The van der Waals surface area contributed by atoms with Crippen molar-refractivity contribution in [3.05, 3.63) is 127 Å². The van der Waals surface area contributed by atoms with Crippen molar-refractivity contribution >= 4 is 68.5 Å². The van der Waals surface area contributed by atoms with Crippen LogP contribution in [0.3, 0.4) is 0 Å². The molecule has 6 heterocycles. The van der Waals surface area contributed by atoms with E-state index in [-0.39, 0.29) is 24.2 Å². The van der Waals surface area contributed by atoms with E-state index in [0.29, 0.717) is 78.0 Å². The summed E-state index contributed by atoms with van der Waals surface area (Å²) in [5, 5.41) is 18.3. The van der Waals surface area contributed by atoms with Gasteiger partial charge < -0.3 is 28.6 Å². The number of halogens is 2. The molecule has 9 rings (SSSR count). The fourth-order valence-electron chi connectivity index (χ4n) is 9.39. The Morgan fingerprint density at radius 3 is 2.45 bits per heavy atom. The molecule has 0 fully saturated rings. The molecule has 1 atom stereocenters. The van der Waals surface area contributed by atoms with E-state index in [2.05, 4.69) is 21.5 Å². The summed E-state index contributed by atoms with van der Waals surface area (Å²) in [5.74, 6) is 0.0194. The number of nitrogens with zero attached hydrogens (tertiary/aromatic N) is 7. The number of fused-ring (bicyclic) bond motifs is 4. The van der Waals surface area contributed by atoms with Gasteiger partial charge in [-0.3, -0.25) is 14.5 Å². The summed E-state index contributed by atoms with van der Waals surface area (Å²) in [4.78, 5) is 39.4. The van der Waals surface area contributed by atoms with Crippen LogP contribution in [0, 0.1) is 34.6 Å². The van der Waals surface area contributed by atoms with Crippen LogP contribution in [0.5, 0.6) is 5.75 Å². The number of aromatic carboxylic acids is 1. The Kier molecular flexibility index (Phi) is 10.6. The van der Waals surface area contributed by atoms with Gasteiger partial charge in [-0.2, -0.15) is 5.10 Å². The van der Waals surface area contributed by atoms with Gasteiger partial charge in [-0.05, 0) is 125 Å². The van der Waals surface area contributed by atoms with Crippen molar-refractivity contribution in [2.45, 2.75) is 67.0 Å². The van der Waals surface area contributed by atoms with Crippen LogP contribution in [-0.2, 0) is 24.8 Å². The van der Waals surface area contributed by atoms with Gasteiger partial charge in [-0.1, -0.05) is 29.3 Å². The van der Waals surface area contributed by atoms with Crippen LogP contribution in [-0.4, -0.2) is 73.1 Å². The summed E-state index contributed by atoms with van der Waals surface area (Å²) in [7, 11) is 1.92. The highest BCUT2D eigenvalue weighted by Gasteiger charge is 2.38. The molecule has 62 heavy (non-hydrogen) atoms. The molecule has 0 unspecified atom stereocenters. The molecule has 1 N–H and O–H groups in total. The molecule has 2 aliphatic heterocycles. The minimum Gasteiger partial charge on any atom is -0.494 e. The summed E-state index contributed by atoms with van der Waals surface area (Å²) in [5.41, 5.74) is 11.5. The number of anilines is 1. The van der Waals surface area contributed by atoms with E-state index < -0.39 is 5.97 Å². The van der Waals surface area contributed by atoms with E-state index in [1.54, 1.807) is 16.8 Å². The molecule has 318 valence electrons. The first-order chi connectivity index (χ1) is 29.7. The Morgan fingerprint density at radius 2 is 1.76 bits per heavy atom. The molecule has 7 aromatic rings. The second kappa shape index (κ2) is 16.0. The number of hydrogen-bond donors (Lipinski definition) is 1. The molecule has 3 aromatic carbocycles. The molecule has 0 radical (unpaired) electrons. The summed E-state index contributed by atoms with van der Waals surface area (Å²) in [6.45, 7) is 14.0. The van der Waals surface area contributed by atoms with Crippen molar-refractivity contribution in [3.63, 3.8) is 0 Å². The second-order valence-electron chi connectivity index (χ2n) is 16.5. The number of pyridine rings is 1. The lowest BCUT2D eigenvalue weighted by molar-refractivity contribution is 0.0686. The SMILES string of the molecule is Cc1cc(N2C[C@@H](C)n3c(c(CCCOc4cc(C)c(Cl)c(C)c4)c4ccc(Cl)c(-c5c(C)nn(C)c5C)c43)C2=O)c2c(c1)cc(C(=O)O)n2Cc1cc(C2=NCCO2)ccn1. The Balaban J connectivity index is 1.19. The number of amides is 1. The van der Waals surface area contributed by atoms with Gasteiger partial charge in [0.25, 0.3) is 5.91 Å². The zero-order valence-electron chi connectivity index (χ0n) is 35.8. The lowest BCUT2D eigenvalue weighted by atomic mass is 9.98. The Hall–Kier alpha value is -6.11. The van der Waals surface area contributed by atoms with Crippen molar-refractivity contribution in [1.29, 1.82) is 0 Å². The second-order valence-corrected chi connectivity index (χ2v) is 17.3. The predicted molar refractivity (Wildman–Crippen MR) is 244 cm³/mol. The summed E-state index contributed by atoms with van der Waals surface area (Å²) >= 11 is 13.6. The fourth-order valence-corrected chi connectivity index (χ4v) is 9.75. The summed E-state index contributed by atoms with van der Waals surface area (Å²) in [6, 6.07) is 17.0. The molecule has 4 aromatic heterocycles. The zero-order chi connectivity index (χ0) is 43.7. The van der Waals surface area contributed by atoms with Crippen molar-refractivity contribution in [3.8, 4) is 16.9 Å². The molecular weight excluding hydrogens is 825 g/mol. The van der Waals surface area contributed by atoms with Gasteiger partial charge in [-0.15, -0.1) is 0 Å². The maximum Gasteiger partial charge on any atom is 0.352 e. The Labute approximate surface area is 369 Å². The van der Waals surface area contributed by atoms with E-state index in [4.69, 9.17) is 37.8 Å². The predicted octanol–water partition coefficient (Wildman–Crippen LogP) is 10.00. The third-order valence-corrected chi connectivity index (χ3v) is 13.1. The largest absolute Gasteiger partial charge is 0.494 e. The Morgan fingerprint density at radius 1 is 0.984 bits per heavy atom. The first kappa shape index (κ1) is 41.3. The van der Waals surface area contributed by atoms with Gasteiger partial charge in [0, 0.05) is 64.0 Å². The minimum atomic E-state index is -1.08. The average Bonchev–Trinajstić information content (AvgIpc) is 4.02. The monoisotopic (exact) mass is 871 g/mol. The molecule has 12 nitrogen and oxygen atoms in total. The highest BCUT2D eigenvalue weighted by atomic mass is 35.5. The van der Waals surface area contributed by atoms with E-state index in [1.807, 2.05) is 99.8 Å². The lowest BCUT2D eigenvalue weighted by Crippen LogP contribution is -2.43. The number of benzene rings is 3. The Bertz CT molecular complexity index is 3010. The molecule has 1 amide bonds. The smallest absolute Gasteiger partial charge is 0.352 e. The lowest BCUT2D eigenvalue weighted by Gasteiger charge is -2.35. The first-order valence-corrected chi connectivity index (χ1v) is 21.5. The summed E-state index contributed by atoms with van der Waals surface area (Å²) < 4.78 is 17.8. The van der Waals surface area contributed by atoms with Crippen molar-refractivity contribution in [2.24, 2.45) is 12.0 Å². The first-order valence-electron chi connectivity index (χ1n) is 20.8. The number of carbonyl (C=O) groups excluding carboxylic acids is 1. The van der Waals surface area contributed by atoms with Gasteiger partial charge in [0.2, 0.25) is 5.90 Å². The number of aliphatic imine (C=N–C) groups is 1. The number of carbonyl (C=O) groups is 2.